The Morgan fingerprint density at radius 1 is 1.14 bits per heavy atom. The Balaban J connectivity index is 1.85. The van der Waals surface area contributed by atoms with Gasteiger partial charge in [-0.3, -0.25) is 0 Å². The van der Waals surface area contributed by atoms with Crippen molar-refractivity contribution in [3.63, 3.8) is 0 Å². The molecule has 112 valence electrons. The smallest absolute Gasteiger partial charge is 0.398 e. The molecule has 0 spiro atoms. The van der Waals surface area contributed by atoms with E-state index >= 15 is 0 Å². The van der Waals surface area contributed by atoms with Crippen LogP contribution in [0.4, 0.5) is 4.39 Å². The van der Waals surface area contributed by atoms with Gasteiger partial charge >= 0.3 is 7.12 Å². The summed E-state index contributed by atoms with van der Waals surface area (Å²) < 4.78 is 26.1. The maximum absolute atomic E-state index is 14.6. The molecule has 1 heterocycles. The topological polar surface area (TPSA) is 18.5 Å². The Morgan fingerprint density at radius 2 is 1.71 bits per heavy atom. The number of benzene rings is 1. The van der Waals surface area contributed by atoms with Crippen LogP contribution in [-0.2, 0) is 9.31 Å². The Hall–Kier alpha value is -1.13. The first kappa shape index (κ1) is 14.8. The summed E-state index contributed by atoms with van der Waals surface area (Å²) in [6.07, 6.45) is 3.96. The highest BCUT2D eigenvalue weighted by atomic mass is 19.1. The van der Waals surface area contributed by atoms with Crippen LogP contribution in [-0.4, -0.2) is 18.3 Å². The lowest BCUT2D eigenvalue weighted by atomic mass is 9.86. The van der Waals surface area contributed by atoms with E-state index < -0.39 is 18.3 Å². The van der Waals surface area contributed by atoms with Crippen LogP contribution in [0.25, 0.3) is 6.08 Å². The van der Waals surface area contributed by atoms with Crippen LogP contribution in [0, 0.1) is 0 Å². The van der Waals surface area contributed by atoms with E-state index in [1.54, 1.807) is 6.08 Å². The highest BCUT2D eigenvalue weighted by Gasteiger charge is 2.53. The van der Waals surface area contributed by atoms with Crippen molar-refractivity contribution < 1.29 is 13.7 Å². The molecule has 1 saturated heterocycles. The van der Waals surface area contributed by atoms with E-state index in [0.717, 1.165) is 5.56 Å². The fourth-order valence-electron chi connectivity index (χ4n) is 2.58. The lowest BCUT2D eigenvalue weighted by molar-refractivity contribution is 0.00578. The quantitative estimate of drug-likeness (QED) is 0.762. The molecule has 0 atom stereocenters. The third kappa shape index (κ3) is 2.79. The number of halogens is 1. The molecule has 0 amide bonds. The normalized spacial score (nSPS) is 24.4. The highest BCUT2D eigenvalue weighted by Crippen LogP contribution is 2.43. The van der Waals surface area contributed by atoms with E-state index in [-0.39, 0.29) is 5.73 Å². The molecule has 0 radical (unpaired) electrons. The molecular formula is C17H22BFO2. The predicted molar refractivity (Wildman–Crippen MR) is 83.6 cm³/mol. The van der Waals surface area contributed by atoms with Crippen molar-refractivity contribution in [2.45, 2.75) is 57.7 Å². The molecule has 1 saturated carbocycles. The summed E-state index contributed by atoms with van der Waals surface area (Å²) in [5, 5.41) is 0. The Labute approximate surface area is 126 Å². The van der Waals surface area contributed by atoms with Crippen molar-refractivity contribution in [3.8, 4) is 0 Å². The molecule has 0 N–H and O–H groups in total. The van der Waals surface area contributed by atoms with Gasteiger partial charge in [-0.1, -0.05) is 24.3 Å². The summed E-state index contributed by atoms with van der Waals surface area (Å²) in [6.45, 7) is 7.72. The third-order valence-corrected chi connectivity index (χ3v) is 4.78. The summed E-state index contributed by atoms with van der Waals surface area (Å²) in [6, 6.07) is 7.99. The molecule has 1 aromatic carbocycles. The van der Waals surface area contributed by atoms with Gasteiger partial charge in [-0.05, 0) is 63.7 Å². The van der Waals surface area contributed by atoms with Gasteiger partial charge in [0, 0.05) is 0 Å². The van der Waals surface area contributed by atoms with Crippen LogP contribution in [0.1, 0.15) is 57.6 Å². The minimum Gasteiger partial charge on any atom is -0.398 e. The highest BCUT2D eigenvalue weighted by molar-refractivity contribution is 6.54. The van der Waals surface area contributed by atoms with Crippen LogP contribution in [0.2, 0.25) is 0 Å². The standard InChI is InChI=1S/C17H22BFO2/c1-16(2)17(3,4)21-18(20-16)15(19)11-13-7-5-6-8-14(13)12-9-10-12/h5-8,11-12H,9-10H2,1-4H3. The average molecular weight is 288 g/mol. The van der Waals surface area contributed by atoms with Crippen molar-refractivity contribution in [1.29, 1.82) is 0 Å². The maximum Gasteiger partial charge on any atom is 0.525 e. The van der Waals surface area contributed by atoms with Crippen molar-refractivity contribution in [2.75, 3.05) is 0 Å². The van der Waals surface area contributed by atoms with E-state index in [1.807, 2.05) is 45.9 Å². The average Bonchev–Trinajstić information content (AvgIpc) is 3.18. The first-order valence-electron chi connectivity index (χ1n) is 7.62. The lowest BCUT2D eigenvalue weighted by Crippen LogP contribution is -2.41. The molecule has 0 aromatic heterocycles. The fourth-order valence-corrected chi connectivity index (χ4v) is 2.58. The zero-order valence-corrected chi connectivity index (χ0v) is 13.2. The first-order valence-corrected chi connectivity index (χ1v) is 7.62. The van der Waals surface area contributed by atoms with Gasteiger partial charge in [0.15, 0.2) is 0 Å². The molecule has 3 rings (SSSR count). The number of rotatable bonds is 3. The van der Waals surface area contributed by atoms with Gasteiger partial charge in [0.2, 0.25) is 0 Å². The monoisotopic (exact) mass is 288 g/mol. The largest absolute Gasteiger partial charge is 0.525 e. The molecule has 21 heavy (non-hydrogen) atoms. The minimum absolute atomic E-state index is 0.359. The summed E-state index contributed by atoms with van der Waals surface area (Å²) in [4.78, 5) is 0. The van der Waals surface area contributed by atoms with Gasteiger partial charge in [-0.25, -0.2) is 4.39 Å². The van der Waals surface area contributed by atoms with Crippen LogP contribution < -0.4 is 0 Å². The van der Waals surface area contributed by atoms with E-state index in [1.165, 1.54) is 18.4 Å². The first-order chi connectivity index (χ1) is 9.80. The van der Waals surface area contributed by atoms with Crippen LogP contribution in [0.3, 0.4) is 0 Å². The van der Waals surface area contributed by atoms with Gasteiger partial charge in [-0.15, -0.1) is 0 Å². The third-order valence-electron chi connectivity index (χ3n) is 4.78. The lowest BCUT2D eigenvalue weighted by Gasteiger charge is -2.32. The second kappa shape index (κ2) is 4.96. The molecular weight excluding hydrogens is 266 g/mol. The van der Waals surface area contributed by atoms with Gasteiger partial charge in [-0.2, -0.15) is 0 Å². The van der Waals surface area contributed by atoms with Gasteiger partial charge in [0.05, 0.1) is 11.2 Å². The molecule has 1 aliphatic heterocycles. The SMILES string of the molecule is CC1(C)OB(C(F)=Cc2ccccc2C2CC2)OC1(C)C. The summed E-state index contributed by atoms with van der Waals surface area (Å²) in [5.74, 6) is 0.587. The molecule has 1 aromatic rings. The number of hydrogen-bond acceptors (Lipinski definition) is 2. The van der Waals surface area contributed by atoms with Gasteiger partial charge in [0.1, 0.15) is 5.73 Å². The van der Waals surface area contributed by atoms with Gasteiger partial charge < -0.3 is 9.31 Å². The zero-order chi connectivity index (χ0) is 15.3. The number of hydrogen-bond donors (Lipinski definition) is 0. The van der Waals surface area contributed by atoms with E-state index in [9.17, 15) is 4.39 Å². The Kier molecular flexibility index (Phi) is 3.49. The second-order valence-electron chi connectivity index (χ2n) is 7.02. The van der Waals surface area contributed by atoms with Crippen molar-refractivity contribution >= 4 is 13.2 Å². The predicted octanol–water partition coefficient (Wildman–Crippen LogP) is 4.51. The molecule has 0 bridgehead atoms. The molecule has 2 fully saturated rings. The minimum atomic E-state index is -0.915. The van der Waals surface area contributed by atoms with Crippen molar-refractivity contribution in [3.05, 3.63) is 41.1 Å². The van der Waals surface area contributed by atoms with Crippen LogP contribution >= 0.6 is 0 Å². The molecule has 1 aliphatic carbocycles. The summed E-state index contributed by atoms with van der Waals surface area (Å²) >= 11 is 0. The zero-order valence-electron chi connectivity index (χ0n) is 13.2. The molecule has 2 aliphatic rings. The molecule has 4 heteroatoms. The van der Waals surface area contributed by atoms with Crippen LogP contribution in [0.15, 0.2) is 30.0 Å². The molecule has 2 nitrogen and oxygen atoms in total. The van der Waals surface area contributed by atoms with E-state index in [0.29, 0.717) is 5.92 Å². The van der Waals surface area contributed by atoms with E-state index in [4.69, 9.17) is 9.31 Å². The van der Waals surface area contributed by atoms with Crippen molar-refractivity contribution in [1.82, 2.24) is 0 Å². The van der Waals surface area contributed by atoms with E-state index in [2.05, 4.69) is 6.07 Å². The fraction of sp³-hybridized carbons (Fsp3) is 0.529. The van der Waals surface area contributed by atoms with Crippen molar-refractivity contribution in [2.24, 2.45) is 0 Å². The summed E-state index contributed by atoms with van der Waals surface area (Å²) in [7, 11) is -0.915. The Morgan fingerprint density at radius 3 is 2.29 bits per heavy atom. The van der Waals surface area contributed by atoms with Crippen LogP contribution in [0.5, 0.6) is 0 Å². The van der Waals surface area contributed by atoms with Gasteiger partial charge in [0.25, 0.3) is 0 Å². The Bertz CT molecular complexity index is 560. The maximum atomic E-state index is 14.6. The second-order valence-corrected chi connectivity index (χ2v) is 7.02. The molecule has 0 unspecified atom stereocenters. The summed E-state index contributed by atoms with van der Waals surface area (Å²) in [5.41, 5.74) is 0.774.